The van der Waals surface area contributed by atoms with Crippen molar-refractivity contribution in [3.8, 4) is 5.75 Å². The lowest BCUT2D eigenvalue weighted by atomic mass is 9.70. The summed E-state index contributed by atoms with van der Waals surface area (Å²) in [6, 6.07) is 10.7. The molecule has 0 radical (unpaired) electrons. The molecule has 1 aromatic heterocycles. The highest BCUT2D eigenvalue weighted by molar-refractivity contribution is 7.09. The van der Waals surface area contributed by atoms with Crippen molar-refractivity contribution in [2.24, 2.45) is 11.8 Å². The number of nitrogens with one attached hydrogen (secondary N) is 2. The summed E-state index contributed by atoms with van der Waals surface area (Å²) < 4.78 is 11.8. The molecule has 38 heavy (non-hydrogen) atoms. The smallest absolute Gasteiger partial charge is 0.246 e. The molecule has 2 aromatic rings. The van der Waals surface area contributed by atoms with Gasteiger partial charge in [-0.2, -0.15) is 0 Å². The van der Waals surface area contributed by atoms with Gasteiger partial charge in [0.15, 0.2) is 0 Å². The fraction of sp³-hybridized carbons (Fsp3) is 0.483. The first-order valence-corrected chi connectivity index (χ1v) is 13.8. The van der Waals surface area contributed by atoms with Crippen LogP contribution in [-0.2, 0) is 32.1 Å². The molecule has 3 aliphatic heterocycles. The Bertz CT molecular complexity index is 1250. The zero-order valence-electron chi connectivity index (χ0n) is 22.4. The summed E-state index contributed by atoms with van der Waals surface area (Å²) in [7, 11) is 1.62. The second-order valence-corrected chi connectivity index (χ2v) is 12.5. The molecule has 0 unspecified atom stereocenters. The SMILES string of the molecule is COc1ccc(CCN2C(=O)[C@@H]3[C@H](C(=O)NCc4cccs4)[C@@]4(C)C=C[C@@]3(O4)[C@@H]2C(=O)NC(C)(C)C)cc1. The third-order valence-corrected chi connectivity index (χ3v) is 8.52. The van der Waals surface area contributed by atoms with Crippen molar-refractivity contribution in [3.05, 3.63) is 64.4 Å². The number of amides is 3. The van der Waals surface area contributed by atoms with Crippen LogP contribution in [0.5, 0.6) is 5.75 Å². The van der Waals surface area contributed by atoms with Crippen molar-refractivity contribution < 1.29 is 23.9 Å². The molecular weight excluding hydrogens is 502 g/mol. The predicted octanol–water partition coefficient (Wildman–Crippen LogP) is 3.07. The molecule has 2 fully saturated rings. The maximum atomic E-state index is 14.1. The molecule has 0 aliphatic carbocycles. The van der Waals surface area contributed by atoms with E-state index in [2.05, 4.69) is 10.6 Å². The standard InChI is InChI=1S/C29H35N3O5S/c1-27(2,3)31-25(34)23-29-14-13-28(4,37-29)21(24(33)30-17-20-7-6-16-38-20)22(29)26(35)32(23)15-12-18-8-10-19(36-5)11-9-18/h6-11,13-14,16,21-23H,12,15,17H2,1-5H3,(H,30,33)(H,31,34)/t21-,22+,23+,28-,29+/m1/s1. The number of benzene rings is 1. The van der Waals surface area contributed by atoms with Crippen LogP contribution in [0.4, 0.5) is 0 Å². The van der Waals surface area contributed by atoms with Crippen molar-refractivity contribution in [2.45, 2.75) is 63.4 Å². The summed E-state index contributed by atoms with van der Waals surface area (Å²) in [5, 5.41) is 8.02. The lowest BCUT2D eigenvalue weighted by molar-refractivity contribution is -0.145. The molecule has 1 spiro atoms. The van der Waals surface area contributed by atoms with E-state index in [9.17, 15) is 14.4 Å². The van der Waals surface area contributed by atoms with Gasteiger partial charge in [-0.1, -0.05) is 30.4 Å². The van der Waals surface area contributed by atoms with Gasteiger partial charge < -0.3 is 25.0 Å². The van der Waals surface area contributed by atoms with E-state index >= 15 is 0 Å². The molecule has 1 aromatic carbocycles. The highest BCUT2D eigenvalue weighted by atomic mass is 32.1. The molecule has 0 saturated carbocycles. The molecule has 8 nitrogen and oxygen atoms in total. The molecule has 4 heterocycles. The number of hydrogen-bond donors (Lipinski definition) is 2. The minimum absolute atomic E-state index is 0.225. The summed E-state index contributed by atoms with van der Waals surface area (Å²) in [4.78, 5) is 44.1. The number of carbonyl (C=O) groups is 3. The molecule has 5 rings (SSSR count). The molecule has 3 aliphatic rings. The maximum Gasteiger partial charge on any atom is 0.246 e. The fourth-order valence-electron chi connectivity index (χ4n) is 6.05. The normalized spacial score (nSPS) is 29.4. The number of thiophene rings is 1. The van der Waals surface area contributed by atoms with Crippen LogP contribution in [-0.4, -0.2) is 59.1 Å². The van der Waals surface area contributed by atoms with Gasteiger partial charge in [-0.3, -0.25) is 14.4 Å². The van der Waals surface area contributed by atoms with E-state index in [1.165, 1.54) is 0 Å². The topological polar surface area (TPSA) is 97.0 Å². The zero-order chi connectivity index (χ0) is 27.3. The minimum atomic E-state index is -1.20. The van der Waals surface area contributed by atoms with Crippen molar-refractivity contribution in [3.63, 3.8) is 0 Å². The van der Waals surface area contributed by atoms with E-state index in [1.807, 2.05) is 81.6 Å². The van der Waals surface area contributed by atoms with Crippen molar-refractivity contribution >= 4 is 29.1 Å². The first kappa shape index (κ1) is 26.4. The van der Waals surface area contributed by atoms with Crippen LogP contribution in [0.1, 0.15) is 38.1 Å². The Morgan fingerprint density at radius 2 is 1.87 bits per heavy atom. The van der Waals surface area contributed by atoms with Crippen molar-refractivity contribution in [2.75, 3.05) is 13.7 Å². The van der Waals surface area contributed by atoms with Crippen LogP contribution in [0.3, 0.4) is 0 Å². The second kappa shape index (κ2) is 9.54. The Morgan fingerprint density at radius 1 is 1.13 bits per heavy atom. The molecular formula is C29H35N3O5S. The van der Waals surface area contributed by atoms with Crippen LogP contribution >= 0.6 is 11.3 Å². The van der Waals surface area contributed by atoms with E-state index in [0.717, 1.165) is 16.2 Å². The lowest BCUT2D eigenvalue weighted by Crippen LogP contribution is -2.58. The molecule has 5 atom stereocenters. The van der Waals surface area contributed by atoms with Gasteiger partial charge in [0.25, 0.3) is 0 Å². The third-order valence-electron chi connectivity index (χ3n) is 7.64. The van der Waals surface area contributed by atoms with E-state index in [1.54, 1.807) is 23.3 Å². The fourth-order valence-corrected chi connectivity index (χ4v) is 6.69. The average molecular weight is 538 g/mol. The minimum Gasteiger partial charge on any atom is -0.497 e. The van der Waals surface area contributed by atoms with Gasteiger partial charge in [0.05, 0.1) is 31.1 Å². The summed E-state index contributed by atoms with van der Waals surface area (Å²) in [5.74, 6) is -1.52. The first-order valence-electron chi connectivity index (χ1n) is 12.9. The number of rotatable bonds is 8. The van der Waals surface area contributed by atoms with Crippen molar-refractivity contribution in [1.82, 2.24) is 15.5 Å². The average Bonchev–Trinajstić information content (AvgIpc) is 3.60. The van der Waals surface area contributed by atoms with Crippen LogP contribution in [0.15, 0.2) is 53.9 Å². The van der Waals surface area contributed by atoms with Gasteiger partial charge in [-0.25, -0.2) is 0 Å². The maximum absolute atomic E-state index is 14.1. The van der Waals surface area contributed by atoms with Gasteiger partial charge in [-0.05, 0) is 63.3 Å². The van der Waals surface area contributed by atoms with Gasteiger partial charge in [0.1, 0.15) is 17.4 Å². The Hall–Kier alpha value is -3.17. The van der Waals surface area contributed by atoms with E-state index in [-0.39, 0.29) is 17.7 Å². The molecule has 202 valence electrons. The third kappa shape index (κ3) is 4.52. The van der Waals surface area contributed by atoms with E-state index in [0.29, 0.717) is 19.5 Å². The van der Waals surface area contributed by atoms with Crippen LogP contribution in [0, 0.1) is 11.8 Å². The van der Waals surface area contributed by atoms with Crippen LogP contribution in [0.25, 0.3) is 0 Å². The Balaban J connectivity index is 1.45. The summed E-state index contributed by atoms with van der Waals surface area (Å²) in [6.45, 7) is 8.26. The summed E-state index contributed by atoms with van der Waals surface area (Å²) in [5.41, 5.74) is -1.66. The highest BCUT2D eigenvalue weighted by Gasteiger charge is 2.76. The summed E-state index contributed by atoms with van der Waals surface area (Å²) >= 11 is 1.56. The molecule has 2 saturated heterocycles. The number of nitrogens with zero attached hydrogens (tertiary/aromatic N) is 1. The van der Waals surface area contributed by atoms with Gasteiger partial charge in [0.2, 0.25) is 17.7 Å². The second-order valence-electron chi connectivity index (χ2n) is 11.5. The molecule has 9 heteroatoms. The van der Waals surface area contributed by atoms with Gasteiger partial charge in [-0.15, -0.1) is 11.3 Å². The number of fused-ring (bicyclic) bond motifs is 1. The first-order chi connectivity index (χ1) is 18.0. The number of ether oxygens (including phenoxy) is 2. The van der Waals surface area contributed by atoms with E-state index < -0.39 is 34.6 Å². The largest absolute Gasteiger partial charge is 0.497 e. The number of methoxy groups -OCH3 is 1. The van der Waals surface area contributed by atoms with Gasteiger partial charge >= 0.3 is 0 Å². The number of carbonyl (C=O) groups excluding carboxylic acids is 3. The van der Waals surface area contributed by atoms with Crippen LogP contribution in [0.2, 0.25) is 0 Å². The lowest BCUT2D eigenvalue weighted by Gasteiger charge is -2.35. The monoisotopic (exact) mass is 537 g/mol. The Kier molecular flexibility index (Phi) is 6.64. The quantitative estimate of drug-likeness (QED) is 0.505. The highest BCUT2D eigenvalue weighted by Crippen LogP contribution is 2.59. The van der Waals surface area contributed by atoms with Crippen molar-refractivity contribution in [1.29, 1.82) is 0 Å². The van der Waals surface area contributed by atoms with E-state index in [4.69, 9.17) is 9.47 Å². The summed E-state index contributed by atoms with van der Waals surface area (Å²) in [6.07, 6.45) is 4.25. The zero-order valence-corrected chi connectivity index (χ0v) is 23.3. The molecule has 2 N–H and O–H groups in total. The Morgan fingerprint density at radius 3 is 2.50 bits per heavy atom. The molecule has 3 amide bonds. The predicted molar refractivity (Wildman–Crippen MR) is 145 cm³/mol. The van der Waals surface area contributed by atoms with Crippen LogP contribution < -0.4 is 15.4 Å². The number of likely N-dealkylation sites (tertiary alicyclic amines) is 1. The number of hydrogen-bond acceptors (Lipinski definition) is 6. The molecule has 2 bridgehead atoms. The van der Waals surface area contributed by atoms with Gasteiger partial charge in [0, 0.05) is 17.0 Å². The Labute approximate surface area is 227 Å².